The molecule has 4 aliphatic heterocycles. The van der Waals surface area contributed by atoms with Crippen LogP contribution in [0.1, 0.15) is 102 Å². The third-order valence-corrected chi connectivity index (χ3v) is 20.7. The van der Waals surface area contributed by atoms with Crippen molar-refractivity contribution in [2.45, 2.75) is 147 Å². The number of hydrogen-bond donors (Lipinski definition) is 8. The van der Waals surface area contributed by atoms with Crippen molar-refractivity contribution < 1.29 is 105 Å². The molecule has 8 N–H and O–H groups in total. The Kier molecular flexibility index (Phi) is 18.2. The second-order valence-corrected chi connectivity index (χ2v) is 30.4. The number of carbonyl (C=O) groups excluding carboxylic acids is 12. The Morgan fingerprint density at radius 1 is 0.316 bits per heavy atom. The van der Waals surface area contributed by atoms with Crippen LogP contribution in [-0.4, -0.2) is 197 Å². The Morgan fingerprint density at radius 3 is 0.684 bits per heavy atom. The van der Waals surface area contributed by atoms with Crippen LogP contribution in [0.25, 0.3) is 0 Å². The summed E-state index contributed by atoms with van der Waals surface area (Å²) in [5, 5.41) is 21.7. The molecule has 0 radical (unpaired) electrons. The van der Waals surface area contributed by atoms with Crippen molar-refractivity contribution >= 4 is 71.9 Å². The van der Waals surface area contributed by atoms with Crippen LogP contribution in [-0.2, 0) is 85.7 Å². The third-order valence-electron chi connectivity index (χ3n) is 20.7. The Balaban J connectivity index is 1.05. The summed E-state index contributed by atoms with van der Waals surface area (Å²) in [7, 11) is 4.65. The SMILES string of the molecule is COC(=O)[C@@]12O[C@@](C(=O)OC)([C@@H]3[C@H]1[C@@H]1C[C@H]3C(C(=O)NCCNC(=O)OC(C)(C)C)=C1C(=O)NCCNC(=O)OC(C)(C)C)[C@@H]1C3CC([C@@H]4[C@H]3[C@]3(C(=O)OC)O[C@@]4(C(=O)OC)[C@@H]4[C@H]3[C@@H]3C[C@H]4C(C(=O)NCCNC(=O)OC(C)(C)C)=C3C(=O)NCCNC(=O)OC(C)(C)C)[C@@H]12. The second kappa shape index (κ2) is 24.7. The molecule has 10 rings (SSSR count). The number of ether oxygens (including phenoxy) is 10. The highest BCUT2D eigenvalue weighted by molar-refractivity contribution is 6.09. The molecule has 8 amide bonds. The van der Waals surface area contributed by atoms with Crippen LogP contribution >= 0.6 is 0 Å². The molecule has 2 unspecified atom stereocenters. The Hall–Kier alpha value is -7.76. The van der Waals surface area contributed by atoms with Gasteiger partial charge in [0.2, 0.25) is 23.6 Å². The highest BCUT2D eigenvalue weighted by atomic mass is 16.6. The molecule has 10 aliphatic rings. The molecule has 30 nitrogen and oxygen atoms in total. The molecular weight excluding hydrogens is 1240 g/mol. The van der Waals surface area contributed by atoms with E-state index in [1.807, 2.05) is 0 Å². The van der Waals surface area contributed by atoms with Crippen molar-refractivity contribution in [1.29, 1.82) is 0 Å². The average Bonchev–Trinajstić information content (AvgIpc) is 1.43. The number of esters is 4. The standard InChI is InChI=1S/C65H92N8O22/c1-58(2,3)90-54(82)70-21-17-66-46(74)34-28-25-29(35(34)47(75)67-18-22-71-55(83)91-59(4,5)6)39-38(28)62(50(78)86-13)42-32-27-33(43(42)63(39,94-62)51(79)87-14)45-44(32)64(52(80)88-15)40-30-26-31(41(40)65(45,95-64)53(81)89-16)37(49(77)69-20-24-73-57(85)93-61(10,11)12)36(30)48(76)68-19-23-72-56(84)92-60(7,8)9/h28-33,38-45H,17-27H2,1-16H3,(H,66,74)(H,67,75)(H,68,76)(H,69,77)(H,70,82)(H,71,83)(H,72,84)(H,73,85)/t28-,29+,30+,31-,32?,33?,38-,39+,40+,41-,42+,43-,44-,45+,62-,63+,64+,65-. The zero-order valence-corrected chi connectivity index (χ0v) is 56.8. The monoisotopic (exact) mass is 1340 g/mol. The van der Waals surface area contributed by atoms with E-state index in [-0.39, 0.29) is 93.9 Å². The first kappa shape index (κ1) is 70.1. The van der Waals surface area contributed by atoms with E-state index in [0.29, 0.717) is 0 Å². The van der Waals surface area contributed by atoms with Crippen molar-refractivity contribution in [3.8, 4) is 0 Å². The summed E-state index contributed by atoms with van der Waals surface area (Å²) in [6, 6.07) is 0. The largest absolute Gasteiger partial charge is 0.467 e. The highest BCUT2D eigenvalue weighted by Crippen LogP contribution is 2.87. The molecule has 524 valence electrons. The van der Waals surface area contributed by atoms with E-state index in [2.05, 4.69) is 42.5 Å². The fourth-order valence-electron chi connectivity index (χ4n) is 19.2. The molecule has 0 spiro atoms. The van der Waals surface area contributed by atoms with E-state index in [4.69, 9.17) is 47.4 Å². The molecule has 0 aromatic rings. The molecule has 4 saturated heterocycles. The molecule has 4 heterocycles. The average molecular weight is 1340 g/mol. The van der Waals surface area contributed by atoms with Crippen molar-refractivity contribution in [2.24, 2.45) is 82.9 Å². The van der Waals surface area contributed by atoms with Gasteiger partial charge in [0.05, 0.1) is 28.4 Å². The predicted octanol–water partition coefficient (Wildman–Crippen LogP) is 1.76. The lowest BCUT2D eigenvalue weighted by Crippen LogP contribution is -2.68. The van der Waals surface area contributed by atoms with Crippen molar-refractivity contribution in [2.75, 3.05) is 80.8 Å². The van der Waals surface area contributed by atoms with Crippen LogP contribution in [0.3, 0.4) is 0 Å². The lowest BCUT2D eigenvalue weighted by Gasteiger charge is -2.56. The smallest absolute Gasteiger partial charge is 0.407 e. The number of hydrogen-bond acceptors (Lipinski definition) is 22. The van der Waals surface area contributed by atoms with E-state index < -0.39 is 200 Å². The summed E-state index contributed by atoms with van der Waals surface area (Å²) >= 11 is 0. The van der Waals surface area contributed by atoms with Gasteiger partial charge in [-0.2, -0.15) is 0 Å². The van der Waals surface area contributed by atoms with E-state index >= 15 is 38.4 Å². The third kappa shape index (κ3) is 11.3. The molecule has 10 bridgehead atoms. The van der Waals surface area contributed by atoms with Crippen molar-refractivity contribution in [1.82, 2.24) is 42.5 Å². The van der Waals surface area contributed by atoms with Gasteiger partial charge in [-0.05, 0) is 138 Å². The minimum atomic E-state index is -2.11. The number of rotatable bonds is 20. The molecule has 95 heavy (non-hydrogen) atoms. The Morgan fingerprint density at radius 2 is 0.505 bits per heavy atom. The fourth-order valence-corrected chi connectivity index (χ4v) is 19.2. The lowest BCUT2D eigenvalue weighted by molar-refractivity contribution is -0.193. The maximum absolute atomic E-state index is 15.6. The molecule has 6 aliphatic carbocycles. The molecule has 4 saturated carbocycles. The Bertz CT molecular complexity index is 2890. The van der Waals surface area contributed by atoms with Gasteiger partial charge >= 0.3 is 48.3 Å². The molecular formula is C65H92N8O22. The summed E-state index contributed by atoms with van der Waals surface area (Å²) in [6.45, 7) is 19.3. The molecule has 8 fully saturated rings. The van der Waals surface area contributed by atoms with Crippen LogP contribution in [0.4, 0.5) is 19.2 Å². The molecule has 0 aromatic heterocycles. The van der Waals surface area contributed by atoms with Crippen LogP contribution < -0.4 is 42.5 Å². The quantitative estimate of drug-likeness (QED) is 0.0489. The minimum Gasteiger partial charge on any atom is -0.467 e. The van der Waals surface area contributed by atoms with Gasteiger partial charge in [0.25, 0.3) is 0 Å². The summed E-state index contributed by atoms with van der Waals surface area (Å²) in [5.41, 5.74) is -11.8. The number of carbonyl (C=O) groups is 12. The van der Waals surface area contributed by atoms with E-state index in [1.165, 1.54) is 0 Å². The normalized spacial score (nSPS) is 34.2. The van der Waals surface area contributed by atoms with Gasteiger partial charge < -0.3 is 89.9 Å². The number of fused-ring (bicyclic) bond motifs is 30. The lowest BCUT2D eigenvalue weighted by atomic mass is 9.42. The van der Waals surface area contributed by atoms with Crippen LogP contribution in [0.2, 0.25) is 0 Å². The maximum atomic E-state index is 15.6. The number of amides is 8. The van der Waals surface area contributed by atoms with Gasteiger partial charge in [-0.15, -0.1) is 0 Å². The zero-order valence-electron chi connectivity index (χ0n) is 56.8. The highest BCUT2D eigenvalue weighted by Gasteiger charge is 2.97. The maximum Gasteiger partial charge on any atom is 0.407 e. The van der Waals surface area contributed by atoms with E-state index in [1.54, 1.807) is 83.1 Å². The van der Waals surface area contributed by atoms with E-state index in [0.717, 1.165) is 28.4 Å². The summed E-state index contributed by atoms with van der Waals surface area (Å²) in [5.74, 6) is -20.6. The molecule has 18 atom stereocenters. The first-order chi connectivity index (χ1) is 44.4. The molecule has 30 heteroatoms. The number of methoxy groups -OCH3 is 4. The van der Waals surface area contributed by atoms with Crippen molar-refractivity contribution in [3.05, 3.63) is 22.3 Å². The van der Waals surface area contributed by atoms with E-state index in [9.17, 15) is 19.2 Å². The van der Waals surface area contributed by atoms with Crippen LogP contribution in [0, 0.1) is 82.9 Å². The van der Waals surface area contributed by atoms with Gasteiger partial charge in [0.15, 0.2) is 22.4 Å². The zero-order chi connectivity index (χ0) is 69.8. The summed E-state index contributed by atoms with van der Waals surface area (Å²) in [4.78, 5) is 173. The number of nitrogens with one attached hydrogen (secondary N) is 8. The molecule has 0 aromatic carbocycles. The first-order valence-electron chi connectivity index (χ1n) is 32.6. The summed E-state index contributed by atoms with van der Waals surface area (Å²) in [6.07, 6.45) is -2.71. The topological polar surface area (TPSA) is 393 Å². The second-order valence-electron chi connectivity index (χ2n) is 30.4. The predicted molar refractivity (Wildman–Crippen MR) is 327 cm³/mol. The minimum absolute atomic E-state index is 0.00994. The Labute approximate surface area is 550 Å². The fraction of sp³-hybridized carbons (Fsp3) is 0.754. The van der Waals surface area contributed by atoms with Gasteiger partial charge in [-0.3, -0.25) is 19.2 Å². The van der Waals surface area contributed by atoms with Gasteiger partial charge in [0.1, 0.15) is 22.4 Å². The first-order valence-corrected chi connectivity index (χ1v) is 32.6. The van der Waals surface area contributed by atoms with Crippen molar-refractivity contribution in [3.63, 3.8) is 0 Å². The van der Waals surface area contributed by atoms with Crippen LogP contribution in [0.5, 0.6) is 0 Å². The van der Waals surface area contributed by atoms with Gasteiger partial charge in [0, 0.05) is 122 Å². The van der Waals surface area contributed by atoms with Gasteiger partial charge in [-0.25, -0.2) is 38.4 Å². The summed E-state index contributed by atoms with van der Waals surface area (Å²) < 4.78 is 59.3. The number of alkyl carbamates (subject to hydrolysis) is 4. The van der Waals surface area contributed by atoms with Gasteiger partial charge in [-0.1, -0.05) is 0 Å². The van der Waals surface area contributed by atoms with Crippen LogP contribution in [0.15, 0.2) is 22.3 Å².